The lowest BCUT2D eigenvalue weighted by Gasteiger charge is -2.32. The molecule has 39 heavy (non-hydrogen) atoms. The third kappa shape index (κ3) is 9.25. The van der Waals surface area contributed by atoms with E-state index in [1.54, 1.807) is 29.2 Å². The molecule has 1 unspecified atom stereocenters. The molecule has 208 valence electrons. The van der Waals surface area contributed by atoms with Crippen molar-refractivity contribution in [2.24, 2.45) is 0 Å². The number of carbonyl (C=O) groups is 2. The lowest BCUT2D eigenvalue weighted by molar-refractivity contribution is -0.141. The number of carbonyl (C=O) groups excluding carboxylic acids is 2. The summed E-state index contributed by atoms with van der Waals surface area (Å²) < 4.78 is 26.3. The van der Waals surface area contributed by atoms with Gasteiger partial charge in [0.1, 0.15) is 6.04 Å². The first-order valence-electron chi connectivity index (χ1n) is 13.3. The second kappa shape index (κ2) is 13.9. The Labute approximate surface area is 232 Å². The summed E-state index contributed by atoms with van der Waals surface area (Å²) in [7, 11) is -3.53. The molecular formula is C31H39N3O4S. The maximum atomic E-state index is 13.8. The van der Waals surface area contributed by atoms with Crippen molar-refractivity contribution in [3.8, 4) is 0 Å². The number of hydrogen-bond donors (Lipinski definition) is 1. The Morgan fingerprint density at radius 3 is 2.08 bits per heavy atom. The molecule has 0 fully saturated rings. The highest BCUT2D eigenvalue weighted by Gasteiger charge is 2.31. The molecule has 0 aliphatic rings. The number of hydrogen-bond acceptors (Lipinski definition) is 4. The fraction of sp³-hybridized carbons (Fsp3) is 0.355. The summed E-state index contributed by atoms with van der Waals surface area (Å²) in [6, 6.07) is 25.6. The van der Waals surface area contributed by atoms with Gasteiger partial charge in [0, 0.05) is 32.0 Å². The summed E-state index contributed by atoms with van der Waals surface area (Å²) in [5, 5.41) is 2.99. The highest BCUT2D eigenvalue weighted by atomic mass is 32.2. The van der Waals surface area contributed by atoms with E-state index in [9.17, 15) is 18.0 Å². The lowest BCUT2D eigenvalue weighted by Crippen LogP contribution is -2.51. The minimum Gasteiger partial charge on any atom is -0.352 e. The monoisotopic (exact) mass is 549 g/mol. The second-order valence-electron chi connectivity index (χ2n) is 10.2. The Kier molecular flexibility index (Phi) is 10.7. The first kappa shape index (κ1) is 29.9. The van der Waals surface area contributed by atoms with Crippen molar-refractivity contribution >= 4 is 27.5 Å². The van der Waals surface area contributed by atoms with E-state index in [0.29, 0.717) is 18.5 Å². The van der Waals surface area contributed by atoms with Gasteiger partial charge >= 0.3 is 0 Å². The van der Waals surface area contributed by atoms with Gasteiger partial charge in [-0.05, 0) is 50.5 Å². The predicted octanol–water partition coefficient (Wildman–Crippen LogP) is 4.71. The highest BCUT2D eigenvalue weighted by molar-refractivity contribution is 7.92. The Morgan fingerprint density at radius 2 is 1.49 bits per heavy atom. The van der Waals surface area contributed by atoms with Gasteiger partial charge < -0.3 is 10.2 Å². The Balaban J connectivity index is 1.87. The highest BCUT2D eigenvalue weighted by Crippen LogP contribution is 2.20. The van der Waals surface area contributed by atoms with E-state index >= 15 is 0 Å². The maximum Gasteiger partial charge on any atom is 0.243 e. The molecule has 0 heterocycles. The van der Waals surface area contributed by atoms with Gasteiger partial charge in [-0.2, -0.15) is 0 Å². The predicted molar refractivity (Wildman–Crippen MR) is 157 cm³/mol. The van der Waals surface area contributed by atoms with Crippen molar-refractivity contribution < 1.29 is 18.0 Å². The van der Waals surface area contributed by atoms with Gasteiger partial charge in [0.15, 0.2) is 0 Å². The average molecular weight is 550 g/mol. The van der Waals surface area contributed by atoms with Crippen LogP contribution in [0.5, 0.6) is 0 Å². The molecule has 0 bridgehead atoms. The van der Waals surface area contributed by atoms with Crippen LogP contribution >= 0.6 is 0 Å². The van der Waals surface area contributed by atoms with Crippen molar-refractivity contribution in [3.63, 3.8) is 0 Å². The molecule has 0 saturated heterocycles. The van der Waals surface area contributed by atoms with E-state index < -0.39 is 16.1 Å². The maximum absolute atomic E-state index is 13.8. The van der Waals surface area contributed by atoms with Gasteiger partial charge in [0.25, 0.3) is 0 Å². The van der Waals surface area contributed by atoms with Gasteiger partial charge in [-0.3, -0.25) is 13.9 Å². The van der Waals surface area contributed by atoms with E-state index in [1.807, 2.05) is 81.4 Å². The number of amides is 2. The largest absolute Gasteiger partial charge is 0.352 e. The van der Waals surface area contributed by atoms with Gasteiger partial charge in [-0.25, -0.2) is 8.42 Å². The van der Waals surface area contributed by atoms with Gasteiger partial charge in [0.05, 0.1) is 11.9 Å². The quantitative estimate of drug-likeness (QED) is 0.335. The number of aryl methyl sites for hydroxylation is 1. The molecule has 0 aromatic heterocycles. The summed E-state index contributed by atoms with van der Waals surface area (Å²) in [5.74, 6) is -0.408. The third-order valence-corrected chi connectivity index (χ3v) is 7.53. The number of para-hydroxylation sites is 1. The van der Waals surface area contributed by atoms with E-state index in [1.165, 1.54) is 4.31 Å². The SMILES string of the molecule is Cc1cccc(CN(C(=O)CCCN(c2ccccc2)S(C)(=O)=O)C(Cc2ccccc2)C(=O)NC(C)C)c1. The van der Waals surface area contributed by atoms with Crippen LogP contribution in [-0.4, -0.2) is 50.0 Å². The molecule has 0 radical (unpaired) electrons. The molecule has 1 N–H and O–H groups in total. The van der Waals surface area contributed by atoms with Crippen LogP contribution in [0.4, 0.5) is 5.69 Å². The summed E-state index contributed by atoms with van der Waals surface area (Å²) >= 11 is 0. The lowest BCUT2D eigenvalue weighted by atomic mass is 10.0. The van der Waals surface area contributed by atoms with E-state index in [2.05, 4.69) is 5.32 Å². The number of benzene rings is 3. The van der Waals surface area contributed by atoms with Crippen LogP contribution in [0.1, 0.15) is 43.4 Å². The van der Waals surface area contributed by atoms with Crippen molar-refractivity contribution in [2.75, 3.05) is 17.1 Å². The second-order valence-corrected chi connectivity index (χ2v) is 12.1. The molecule has 1 atom stereocenters. The number of nitrogens with one attached hydrogen (secondary N) is 1. The summed E-state index contributed by atoms with van der Waals surface area (Å²) in [6.45, 7) is 6.22. The minimum atomic E-state index is -3.53. The zero-order valence-corrected chi connectivity index (χ0v) is 24.0. The minimum absolute atomic E-state index is 0.0825. The number of rotatable bonds is 13. The van der Waals surface area contributed by atoms with Gasteiger partial charge in [-0.15, -0.1) is 0 Å². The van der Waals surface area contributed by atoms with Gasteiger partial charge in [-0.1, -0.05) is 78.4 Å². The van der Waals surface area contributed by atoms with E-state index in [0.717, 1.165) is 22.9 Å². The summed E-state index contributed by atoms with van der Waals surface area (Å²) in [4.78, 5) is 28.9. The van der Waals surface area contributed by atoms with Crippen LogP contribution in [-0.2, 0) is 32.6 Å². The van der Waals surface area contributed by atoms with Crippen LogP contribution in [0.15, 0.2) is 84.9 Å². The van der Waals surface area contributed by atoms with Crippen LogP contribution < -0.4 is 9.62 Å². The van der Waals surface area contributed by atoms with Gasteiger partial charge in [0.2, 0.25) is 21.8 Å². The van der Waals surface area contributed by atoms with Crippen molar-refractivity contribution in [1.82, 2.24) is 10.2 Å². The molecule has 0 spiro atoms. The smallest absolute Gasteiger partial charge is 0.243 e. The molecular weight excluding hydrogens is 510 g/mol. The molecule has 3 rings (SSSR count). The first-order chi connectivity index (χ1) is 18.5. The molecule has 2 amide bonds. The Bertz CT molecular complexity index is 1330. The van der Waals surface area contributed by atoms with Crippen LogP contribution in [0.3, 0.4) is 0 Å². The topological polar surface area (TPSA) is 86.8 Å². The number of sulfonamides is 1. The first-order valence-corrected chi connectivity index (χ1v) is 15.1. The van der Waals surface area contributed by atoms with E-state index in [4.69, 9.17) is 0 Å². The summed E-state index contributed by atoms with van der Waals surface area (Å²) in [6.07, 6.45) is 1.95. The number of anilines is 1. The molecule has 3 aromatic carbocycles. The van der Waals surface area contributed by atoms with Crippen LogP contribution in [0.25, 0.3) is 0 Å². The Morgan fingerprint density at radius 1 is 0.872 bits per heavy atom. The molecule has 3 aromatic rings. The molecule has 0 aliphatic carbocycles. The normalized spacial score (nSPS) is 12.1. The van der Waals surface area contributed by atoms with Crippen molar-refractivity contribution in [2.45, 2.75) is 58.7 Å². The fourth-order valence-corrected chi connectivity index (χ4v) is 5.51. The standard InChI is InChI=1S/C31H39N3O4S/c1-24(2)32-31(36)29(22-26-14-7-5-8-15-26)33(23-27-16-11-13-25(3)21-27)30(35)19-12-20-34(39(4,37)38)28-17-9-6-10-18-28/h5-11,13-18,21,24,29H,12,19-20,22-23H2,1-4H3,(H,32,36). The molecule has 0 aliphatic heterocycles. The summed E-state index contributed by atoms with van der Waals surface area (Å²) in [5.41, 5.74) is 3.51. The molecule has 8 heteroatoms. The van der Waals surface area contributed by atoms with Crippen molar-refractivity contribution in [3.05, 3.63) is 102 Å². The fourth-order valence-electron chi connectivity index (χ4n) is 4.54. The molecule has 7 nitrogen and oxygen atoms in total. The van der Waals surface area contributed by atoms with E-state index in [-0.39, 0.29) is 37.4 Å². The third-order valence-electron chi connectivity index (χ3n) is 6.33. The average Bonchev–Trinajstić information content (AvgIpc) is 2.88. The Hall–Kier alpha value is -3.65. The number of nitrogens with zero attached hydrogens (tertiary/aromatic N) is 2. The van der Waals surface area contributed by atoms with Crippen LogP contribution in [0.2, 0.25) is 0 Å². The zero-order valence-electron chi connectivity index (χ0n) is 23.2. The van der Waals surface area contributed by atoms with Crippen molar-refractivity contribution in [1.29, 1.82) is 0 Å². The zero-order chi connectivity index (χ0) is 28.4. The molecule has 0 saturated carbocycles. The van der Waals surface area contributed by atoms with Crippen LogP contribution in [0, 0.1) is 6.92 Å².